The van der Waals surface area contributed by atoms with Crippen LogP contribution in [0.1, 0.15) is 5.56 Å². The molecular weight excluding hydrogens is 224 g/mol. The van der Waals surface area contributed by atoms with Crippen molar-refractivity contribution in [2.24, 2.45) is 0 Å². The molecule has 1 aromatic heterocycles. The summed E-state index contributed by atoms with van der Waals surface area (Å²) < 4.78 is 13.0. The first-order valence-electron chi connectivity index (χ1n) is 4.00. The van der Waals surface area contributed by atoms with Crippen molar-refractivity contribution >= 4 is 34.1 Å². The van der Waals surface area contributed by atoms with Crippen molar-refractivity contribution in [3.05, 3.63) is 39.8 Å². The first kappa shape index (κ1) is 9.69. The minimum absolute atomic E-state index is 0.280. The van der Waals surface area contributed by atoms with E-state index in [0.29, 0.717) is 16.1 Å². The molecule has 4 heteroatoms. The third kappa shape index (κ3) is 1.56. The van der Waals surface area contributed by atoms with Crippen LogP contribution >= 0.6 is 23.2 Å². The Labute approximate surface area is 90.5 Å². The highest BCUT2D eigenvalue weighted by atomic mass is 35.5. The van der Waals surface area contributed by atoms with Crippen molar-refractivity contribution in [2.45, 2.75) is 6.92 Å². The van der Waals surface area contributed by atoms with Crippen LogP contribution in [-0.4, -0.2) is 4.98 Å². The van der Waals surface area contributed by atoms with Gasteiger partial charge in [0, 0.05) is 5.39 Å². The van der Waals surface area contributed by atoms with Crippen LogP contribution < -0.4 is 0 Å². The Morgan fingerprint density at radius 2 is 1.93 bits per heavy atom. The predicted octanol–water partition coefficient (Wildman–Crippen LogP) is 3.99. The SMILES string of the molecule is Cc1cc2cc(F)cc(Cl)c2nc1Cl. The highest BCUT2D eigenvalue weighted by Crippen LogP contribution is 2.26. The van der Waals surface area contributed by atoms with Gasteiger partial charge in [-0.3, -0.25) is 0 Å². The molecule has 0 aliphatic rings. The van der Waals surface area contributed by atoms with Gasteiger partial charge in [-0.2, -0.15) is 0 Å². The van der Waals surface area contributed by atoms with Crippen LogP contribution in [0.2, 0.25) is 10.2 Å². The molecule has 0 radical (unpaired) electrons. The lowest BCUT2D eigenvalue weighted by atomic mass is 10.2. The van der Waals surface area contributed by atoms with Crippen molar-refractivity contribution < 1.29 is 4.39 Å². The van der Waals surface area contributed by atoms with Gasteiger partial charge in [0.1, 0.15) is 11.0 Å². The molecule has 72 valence electrons. The highest BCUT2D eigenvalue weighted by molar-refractivity contribution is 6.35. The molecule has 0 saturated carbocycles. The van der Waals surface area contributed by atoms with E-state index in [1.165, 1.54) is 12.1 Å². The van der Waals surface area contributed by atoms with E-state index in [1.54, 1.807) is 6.07 Å². The molecule has 1 aromatic carbocycles. The molecule has 2 aromatic rings. The Hall–Kier alpha value is -0.860. The molecular formula is C10H6Cl2FN. The second-order valence-electron chi connectivity index (χ2n) is 3.06. The van der Waals surface area contributed by atoms with Gasteiger partial charge in [0.05, 0.1) is 10.5 Å². The van der Waals surface area contributed by atoms with Gasteiger partial charge in [-0.05, 0) is 30.7 Å². The molecule has 0 fully saturated rings. The summed E-state index contributed by atoms with van der Waals surface area (Å²) in [6, 6.07) is 4.37. The number of pyridine rings is 1. The standard InChI is InChI=1S/C10H6Cl2FN/c1-5-2-6-3-7(13)4-8(11)9(6)14-10(5)12/h2-4H,1H3. The lowest BCUT2D eigenvalue weighted by Crippen LogP contribution is -1.86. The maximum absolute atomic E-state index is 13.0. The summed E-state index contributed by atoms with van der Waals surface area (Å²) in [7, 11) is 0. The fourth-order valence-corrected chi connectivity index (χ4v) is 1.69. The molecule has 0 saturated heterocycles. The van der Waals surface area contributed by atoms with Crippen molar-refractivity contribution in [1.82, 2.24) is 4.98 Å². The van der Waals surface area contributed by atoms with Gasteiger partial charge < -0.3 is 0 Å². The largest absolute Gasteiger partial charge is 0.234 e. The van der Waals surface area contributed by atoms with Crippen LogP contribution in [0, 0.1) is 12.7 Å². The first-order chi connectivity index (χ1) is 6.58. The number of nitrogens with zero attached hydrogens (tertiary/aromatic N) is 1. The van der Waals surface area contributed by atoms with E-state index < -0.39 is 0 Å². The Morgan fingerprint density at radius 3 is 2.64 bits per heavy atom. The van der Waals surface area contributed by atoms with Crippen LogP contribution in [0.25, 0.3) is 10.9 Å². The second-order valence-corrected chi connectivity index (χ2v) is 3.82. The third-order valence-corrected chi connectivity index (χ3v) is 2.64. The number of aromatic nitrogens is 1. The molecule has 0 N–H and O–H groups in total. The highest BCUT2D eigenvalue weighted by Gasteiger charge is 2.06. The Balaban J connectivity index is 2.89. The molecule has 0 unspecified atom stereocenters. The lowest BCUT2D eigenvalue weighted by molar-refractivity contribution is 0.629. The molecule has 0 aliphatic carbocycles. The summed E-state index contributed by atoms with van der Waals surface area (Å²) in [5.41, 5.74) is 1.34. The molecule has 1 nitrogen and oxygen atoms in total. The maximum Gasteiger partial charge on any atom is 0.132 e. The minimum atomic E-state index is -0.369. The quantitative estimate of drug-likeness (QED) is 0.623. The number of hydrogen-bond donors (Lipinski definition) is 0. The zero-order chi connectivity index (χ0) is 10.3. The summed E-state index contributed by atoms with van der Waals surface area (Å²) >= 11 is 11.7. The van der Waals surface area contributed by atoms with E-state index in [4.69, 9.17) is 23.2 Å². The van der Waals surface area contributed by atoms with Gasteiger partial charge >= 0.3 is 0 Å². The number of benzene rings is 1. The molecule has 0 atom stereocenters. The monoisotopic (exact) mass is 229 g/mol. The summed E-state index contributed by atoms with van der Waals surface area (Å²) in [4.78, 5) is 4.08. The summed E-state index contributed by atoms with van der Waals surface area (Å²) in [6.07, 6.45) is 0. The molecule has 0 amide bonds. The minimum Gasteiger partial charge on any atom is -0.234 e. The van der Waals surface area contributed by atoms with Crippen molar-refractivity contribution in [3.8, 4) is 0 Å². The van der Waals surface area contributed by atoms with Gasteiger partial charge in [-0.15, -0.1) is 0 Å². The van der Waals surface area contributed by atoms with Crippen LogP contribution in [0.5, 0.6) is 0 Å². The Morgan fingerprint density at radius 1 is 1.21 bits per heavy atom. The molecule has 0 spiro atoms. The van der Waals surface area contributed by atoms with Crippen molar-refractivity contribution in [2.75, 3.05) is 0 Å². The number of fused-ring (bicyclic) bond motifs is 1. The van der Waals surface area contributed by atoms with Crippen LogP contribution in [-0.2, 0) is 0 Å². The maximum atomic E-state index is 13.0. The normalized spacial score (nSPS) is 10.9. The van der Waals surface area contributed by atoms with Crippen molar-refractivity contribution in [1.29, 1.82) is 0 Å². The zero-order valence-electron chi connectivity index (χ0n) is 7.31. The van der Waals surface area contributed by atoms with Gasteiger partial charge in [0.2, 0.25) is 0 Å². The average molecular weight is 230 g/mol. The van der Waals surface area contributed by atoms with Crippen LogP contribution in [0.4, 0.5) is 4.39 Å². The summed E-state index contributed by atoms with van der Waals surface area (Å²) in [6.45, 7) is 1.81. The van der Waals surface area contributed by atoms with Crippen LogP contribution in [0.3, 0.4) is 0 Å². The fourth-order valence-electron chi connectivity index (χ4n) is 1.29. The van der Waals surface area contributed by atoms with E-state index >= 15 is 0 Å². The van der Waals surface area contributed by atoms with E-state index in [1.807, 2.05) is 6.92 Å². The van der Waals surface area contributed by atoms with E-state index in [9.17, 15) is 4.39 Å². The first-order valence-corrected chi connectivity index (χ1v) is 4.75. The van der Waals surface area contributed by atoms with E-state index in [-0.39, 0.29) is 10.8 Å². The number of rotatable bonds is 0. The summed E-state index contributed by atoms with van der Waals surface area (Å²) in [5.74, 6) is -0.369. The Bertz CT molecular complexity index is 511. The molecule has 2 rings (SSSR count). The molecule has 14 heavy (non-hydrogen) atoms. The second kappa shape index (κ2) is 3.37. The smallest absolute Gasteiger partial charge is 0.132 e. The third-order valence-electron chi connectivity index (χ3n) is 1.97. The molecule has 0 aliphatic heterocycles. The van der Waals surface area contributed by atoms with Gasteiger partial charge in [0.25, 0.3) is 0 Å². The van der Waals surface area contributed by atoms with E-state index in [0.717, 1.165) is 5.56 Å². The molecule has 1 heterocycles. The number of halogens is 3. The zero-order valence-corrected chi connectivity index (χ0v) is 8.83. The van der Waals surface area contributed by atoms with Crippen molar-refractivity contribution in [3.63, 3.8) is 0 Å². The van der Waals surface area contributed by atoms with E-state index in [2.05, 4.69) is 4.98 Å². The van der Waals surface area contributed by atoms with Gasteiger partial charge in [0.15, 0.2) is 0 Å². The predicted molar refractivity (Wildman–Crippen MR) is 56.5 cm³/mol. The van der Waals surface area contributed by atoms with Crippen LogP contribution in [0.15, 0.2) is 18.2 Å². The van der Waals surface area contributed by atoms with Gasteiger partial charge in [-0.1, -0.05) is 23.2 Å². The molecule has 0 bridgehead atoms. The number of aryl methyl sites for hydroxylation is 1. The lowest BCUT2D eigenvalue weighted by Gasteiger charge is -2.03. The average Bonchev–Trinajstić information content (AvgIpc) is 2.08. The summed E-state index contributed by atoms with van der Waals surface area (Å²) in [5, 5.41) is 1.34. The number of hydrogen-bond acceptors (Lipinski definition) is 1. The Kier molecular flexibility index (Phi) is 2.33. The van der Waals surface area contributed by atoms with Gasteiger partial charge in [-0.25, -0.2) is 9.37 Å². The fraction of sp³-hybridized carbons (Fsp3) is 0.100. The topological polar surface area (TPSA) is 12.9 Å².